The minimum Gasteiger partial charge on any atom is -0.481 e. The van der Waals surface area contributed by atoms with Crippen molar-refractivity contribution in [1.29, 1.82) is 0 Å². The molecule has 1 saturated heterocycles. The van der Waals surface area contributed by atoms with Gasteiger partial charge in [0.15, 0.2) is 0 Å². The molecule has 1 aromatic rings. The molecule has 0 radical (unpaired) electrons. The van der Waals surface area contributed by atoms with Gasteiger partial charge in [-0.3, -0.25) is 9.59 Å². The van der Waals surface area contributed by atoms with Crippen molar-refractivity contribution in [2.45, 2.75) is 31.7 Å². The van der Waals surface area contributed by atoms with E-state index >= 15 is 0 Å². The Morgan fingerprint density at radius 1 is 1.38 bits per heavy atom. The van der Waals surface area contributed by atoms with Gasteiger partial charge >= 0.3 is 5.97 Å². The molecule has 5 heteroatoms. The largest absolute Gasteiger partial charge is 0.481 e. The number of carboxylic acid groups (broad SMARTS) is 1. The van der Waals surface area contributed by atoms with Crippen LogP contribution in [0.5, 0.6) is 0 Å². The molecule has 1 amide bonds. The first-order valence-electron chi connectivity index (χ1n) is 7.30. The smallest absolute Gasteiger partial charge is 0.305 e. The van der Waals surface area contributed by atoms with Gasteiger partial charge in [-0.25, -0.2) is 0 Å². The topological polar surface area (TPSA) is 83.6 Å². The fraction of sp³-hybridized carbons (Fsp3) is 0.500. The van der Waals surface area contributed by atoms with Crippen molar-refractivity contribution in [2.24, 2.45) is 11.7 Å². The monoisotopic (exact) mass is 290 g/mol. The number of likely N-dealkylation sites (tertiary alicyclic amines) is 1. The van der Waals surface area contributed by atoms with E-state index in [1.807, 2.05) is 18.2 Å². The van der Waals surface area contributed by atoms with E-state index in [-0.39, 0.29) is 18.2 Å². The van der Waals surface area contributed by atoms with Crippen LogP contribution in [0, 0.1) is 5.92 Å². The maximum atomic E-state index is 12.3. The molecule has 1 aromatic carbocycles. The van der Waals surface area contributed by atoms with Gasteiger partial charge in [-0.15, -0.1) is 0 Å². The van der Waals surface area contributed by atoms with Gasteiger partial charge in [0.05, 0.1) is 12.5 Å². The van der Waals surface area contributed by atoms with Crippen molar-refractivity contribution in [2.75, 3.05) is 13.1 Å². The number of carbonyl (C=O) groups excluding carboxylic acids is 1. The predicted molar refractivity (Wildman–Crippen MR) is 79.8 cm³/mol. The summed E-state index contributed by atoms with van der Waals surface area (Å²) in [5.74, 6) is -0.529. The van der Waals surface area contributed by atoms with Crippen molar-refractivity contribution >= 4 is 11.9 Å². The summed E-state index contributed by atoms with van der Waals surface area (Å²) in [4.78, 5) is 24.7. The number of hydrogen-bond donors (Lipinski definition) is 2. The van der Waals surface area contributed by atoms with E-state index in [0.29, 0.717) is 19.0 Å². The summed E-state index contributed by atoms with van der Waals surface area (Å²) in [5, 5.41) is 8.75. The summed E-state index contributed by atoms with van der Waals surface area (Å²) in [7, 11) is 0. The fourth-order valence-corrected chi connectivity index (χ4v) is 2.91. The number of hydrogen-bond acceptors (Lipinski definition) is 3. The van der Waals surface area contributed by atoms with Gasteiger partial charge in [0.25, 0.3) is 0 Å². The second kappa shape index (κ2) is 6.72. The van der Waals surface area contributed by atoms with Crippen LogP contribution in [0.25, 0.3) is 0 Å². The van der Waals surface area contributed by atoms with E-state index < -0.39 is 12.0 Å². The van der Waals surface area contributed by atoms with Crippen LogP contribution in [0.15, 0.2) is 30.3 Å². The normalized spacial score (nSPS) is 23.6. The second-order valence-corrected chi connectivity index (χ2v) is 5.77. The molecule has 1 heterocycles. The Morgan fingerprint density at radius 3 is 2.67 bits per heavy atom. The Labute approximate surface area is 124 Å². The van der Waals surface area contributed by atoms with Gasteiger partial charge < -0.3 is 15.7 Å². The molecule has 0 saturated carbocycles. The third-order valence-corrected chi connectivity index (χ3v) is 4.21. The Morgan fingerprint density at radius 2 is 2.05 bits per heavy atom. The molecule has 1 aliphatic heterocycles. The van der Waals surface area contributed by atoms with Gasteiger partial charge in [-0.1, -0.05) is 37.3 Å². The van der Waals surface area contributed by atoms with Crippen molar-refractivity contribution in [3.05, 3.63) is 35.9 Å². The SMILES string of the molecule is CC1CCN(C(=O)[C@@H](N)CC(=O)O)CC1c1ccccc1. The standard InChI is InChI=1S/C16H22N2O3/c1-11-7-8-18(16(21)14(17)9-15(19)20)10-13(11)12-5-3-2-4-6-12/h2-6,11,13-14H,7-10,17H2,1H3,(H,19,20)/t11?,13?,14-/m0/s1. The second-order valence-electron chi connectivity index (χ2n) is 5.77. The van der Waals surface area contributed by atoms with Crippen LogP contribution in [0.4, 0.5) is 0 Å². The molecule has 0 aliphatic carbocycles. The lowest BCUT2D eigenvalue weighted by atomic mass is 9.82. The number of aliphatic carboxylic acids is 1. The molecule has 5 nitrogen and oxygen atoms in total. The molecule has 1 aliphatic rings. The van der Waals surface area contributed by atoms with Crippen LogP contribution in [-0.2, 0) is 9.59 Å². The van der Waals surface area contributed by atoms with Crippen LogP contribution < -0.4 is 5.73 Å². The zero-order chi connectivity index (χ0) is 15.4. The molecule has 3 N–H and O–H groups in total. The van der Waals surface area contributed by atoms with Gasteiger partial charge in [0.2, 0.25) is 5.91 Å². The molecule has 1 fully saturated rings. The molecular formula is C16H22N2O3. The first-order valence-corrected chi connectivity index (χ1v) is 7.30. The summed E-state index contributed by atoms with van der Waals surface area (Å²) in [6.45, 7) is 3.45. The lowest BCUT2D eigenvalue weighted by Crippen LogP contribution is -2.49. The maximum absolute atomic E-state index is 12.3. The predicted octanol–water partition coefficient (Wildman–Crippen LogP) is 1.44. The summed E-state index contributed by atoms with van der Waals surface area (Å²) in [6, 6.07) is 9.17. The lowest BCUT2D eigenvalue weighted by molar-refractivity contribution is -0.142. The number of carboxylic acids is 1. The highest BCUT2D eigenvalue weighted by Crippen LogP contribution is 2.32. The molecule has 0 aromatic heterocycles. The highest BCUT2D eigenvalue weighted by atomic mass is 16.4. The summed E-state index contributed by atoms with van der Waals surface area (Å²) in [6.07, 6.45) is 0.589. The van der Waals surface area contributed by atoms with Crippen LogP contribution in [0.1, 0.15) is 31.2 Å². The third-order valence-electron chi connectivity index (χ3n) is 4.21. The van der Waals surface area contributed by atoms with Crippen molar-refractivity contribution < 1.29 is 14.7 Å². The van der Waals surface area contributed by atoms with E-state index in [4.69, 9.17) is 10.8 Å². The molecular weight excluding hydrogens is 268 g/mol. The average Bonchev–Trinajstić information content (AvgIpc) is 2.47. The van der Waals surface area contributed by atoms with E-state index in [2.05, 4.69) is 19.1 Å². The Bertz CT molecular complexity index is 504. The number of amides is 1. The Balaban J connectivity index is 2.07. The highest BCUT2D eigenvalue weighted by molar-refractivity contribution is 5.86. The number of piperidine rings is 1. The summed E-state index contributed by atoms with van der Waals surface area (Å²) < 4.78 is 0. The van der Waals surface area contributed by atoms with Gasteiger partial charge in [-0.05, 0) is 17.9 Å². The van der Waals surface area contributed by atoms with E-state index in [1.165, 1.54) is 5.56 Å². The van der Waals surface area contributed by atoms with Gasteiger partial charge in [-0.2, -0.15) is 0 Å². The number of nitrogens with two attached hydrogens (primary N) is 1. The maximum Gasteiger partial charge on any atom is 0.305 e. The number of rotatable bonds is 4. The van der Waals surface area contributed by atoms with Gasteiger partial charge in [0.1, 0.15) is 0 Å². The molecule has 3 atom stereocenters. The van der Waals surface area contributed by atoms with E-state index in [0.717, 1.165) is 6.42 Å². The molecule has 0 spiro atoms. The fourth-order valence-electron chi connectivity index (χ4n) is 2.91. The molecule has 114 valence electrons. The lowest BCUT2D eigenvalue weighted by Gasteiger charge is -2.38. The third kappa shape index (κ3) is 3.82. The number of benzene rings is 1. The van der Waals surface area contributed by atoms with E-state index in [1.54, 1.807) is 4.90 Å². The van der Waals surface area contributed by atoms with Crippen LogP contribution in [-0.4, -0.2) is 41.0 Å². The van der Waals surface area contributed by atoms with Crippen molar-refractivity contribution in [3.63, 3.8) is 0 Å². The van der Waals surface area contributed by atoms with Crippen molar-refractivity contribution in [1.82, 2.24) is 4.90 Å². The minimum atomic E-state index is -1.04. The number of nitrogens with zero attached hydrogens (tertiary/aromatic N) is 1. The van der Waals surface area contributed by atoms with Crippen LogP contribution in [0.2, 0.25) is 0 Å². The van der Waals surface area contributed by atoms with Crippen LogP contribution in [0.3, 0.4) is 0 Å². The van der Waals surface area contributed by atoms with Crippen LogP contribution >= 0.6 is 0 Å². The van der Waals surface area contributed by atoms with Crippen molar-refractivity contribution in [3.8, 4) is 0 Å². The quantitative estimate of drug-likeness (QED) is 0.879. The Hall–Kier alpha value is -1.88. The summed E-state index contributed by atoms with van der Waals surface area (Å²) in [5.41, 5.74) is 6.91. The van der Waals surface area contributed by atoms with E-state index in [9.17, 15) is 9.59 Å². The average molecular weight is 290 g/mol. The first kappa shape index (κ1) is 15.5. The molecule has 21 heavy (non-hydrogen) atoms. The first-order chi connectivity index (χ1) is 9.99. The zero-order valence-corrected chi connectivity index (χ0v) is 12.2. The van der Waals surface area contributed by atoms with Gasteiger partial charge in [0, 0.05) is 19.0 Å². The number of carbonyl (C=O) groups is 2. The molecule has 2 unspecified atom stereocenters. The molecule has 2 rings (SSSR count). The minimum absolute atomic E-state index is 0.259. The Kier molecular flexibility index (Phi) is 4.96. The highest BCUT2D eigenvalue weighted by Gasteiger charge is 2.32. The molecule has 0 bridgehead atoms. The zero-order valence-electron chi connectivity index (χ0n) is 12.2. The summed E-state index contributed by atoms with van der Waals surface area (Å²) >= 11 is 0.